The molecule has 0 aliphatic rings. The summed E-state index contributed by atoms with van der Waals surface area (Å²) in [5.41, 5.74) is -0.993. The van der Waals surface area contributed by atoms with Crippen LogP contribution in [0, 0.1) is 0 Å². The molecule has 4 nitrogen and oxygen atoms in total. The summed E-state index contributed by atoms with van der Waals surface area (Å²) < 4.78 is 0. The first-order chi connectivity index (χ1) is 8.16. The van der Waals surface area contributed by atoms with E-state index < -0.39 is 23.4 Å². The van der Waals surface area contributed by atoms with Gasteiger partial charge in [-0.25, -0.2) is 9.78 Å². The van der Waals surface area contributed by atoms with Crippen molar-refractivity contribution < 1.29 is 20.0 Å². The van der Waals surface area contributed by atoms with E-state index in [2.05, 4.69) is 0 Å². The molecule has 0 aromatic carbocycles. The second-order valence-corrected chi connectivity index (χ2v) is 5.88. The number of hydrogen-bond donors (Lipinski definition) is 2. The first-order valence-electron chi connectivity index (χ1n) is 6.89. The highest BCUT2D eigenvalue weighted by molar-refractivity contribution is 4.77. The second kappa shape index (κ2) is 7.43. The molecule has 0 aliphatic carbocycles. The van der Waals surface area contributed by atoms with Gasteiger partial charge in [0.1, 0.15) is 11.2 Å². The fraction of sp³-hybridized carbons (Fsp3) is 1.00. The van der Waals surface area contributed by atoms with E-state index in [1.165, 1.54) is 0 Å². The molecule has 0 radical (unpaired) electrons. The molecule has 4 heteroatoms. The average molecular weight is 262 g/mol. The highest BCUT2D eigenvalue weighted by Gasteiger charge is 2.32. The van der Waals surface area contributed by atoms with Crippen LogP contribution in [0.2, 0.25) is 0 Å². The highest BCUT2D eigenvalue weighted by Crippen LogP contribution is 2.28. The third kappa shape index (κ3) is 6.69. The summed E-state index contributed by atoms with van der Waals surface area (Å²) in [7, 11) is 0. The van der Waals surface area contributed by atoms with Crippen LogP contribution >= 0.6 is 0 Å². The monoisotopic (exact) mass is 262 g/mol. The van der Waals surface area contributed by atoms with E-state index in [0.717, 1.165) is 12.8 Å². The van der Waals surface area contributed by atoms with Crippen LogP contribution in [0.15, 0.2) is 0 Å². The Morgan fingerprint density at radius 2 is 1.11 bits per heavy atom. The van der Waals surface area contributed by atoms with E-state index in [1.807, 2.05) is 27.7 Å². The van der Waals surface area contributed by atoms with E-state index in [1.54, 1.807) is 13.8 Å². The van der Waals surface area contributed by atoms with Gasteiger partial charge in [0.15, 0.2) is 0 Å². The summed E-state index contributed by atoms with van der Waals surface area (Å²) in [6.07, 6.45) is 1.71. The predicted molar refractivity (Wildman–Crippen MR) is 72.2 cm³/mol. The van der Waals surface area contributed by atoms with Crippen molar-refractivity contribution in [3.8, 4) is 0 Å². The van der Waals surface area contributed by atoms with Crippen LogP contribution in [0.4, 0.5) is 0 Å². The molecule has 0 rings (SSSR count). The SMILES string of the molecule is CCC(C)(CC(C)O)OOC(C)(CC)CC(C)O. The van der Waals surface area contributed by atoms with Gasteiger partial charge in [-0.2, -0.15) is 0 Å². The molecule has 4 unspecified atom stereocenters. The summed E-state index contributed by atoms with van der Waals surface area (Å²) in [6, 6.07) is 0. The van der Waals surface area contributed by atoms with Crippen LogP contribution in [0.5, 0.6) is 0 Å². The molecule has 0 bridgehead atoms. The molecule has 2 N–H and O–H groups in total. The van der Waals surface area contributed by atoms with E-state index in [4.69, 9.17) is 9.78 Å². The van der Waals surface area contributed by atoms with E-state index >= 15 is 0 Å². The van der Waals surface area contributed by atoms with Crippen molar-refractivity contribution in [2.75, 3.05) is 0 Å². The van der Waals surface area contributed by atoms with Crippen LogP contribution in [-0.4, -0.2) is 33.6 Å². The molecule has 0 aromatic rings. The van der Waals surface area contributed by atoms with Gasteiger partial charge in [-0.1, -0.05) is 13.8 Å². The van der Waals surface area contributed by atoms with Gasteiger partial charge in [0.25, 0.3) is 0 Å². The first-order valence-corrected chi connectivity index (χ1v) is 6.89. The van der Waals surface area contributed by atoms with E-state index in [9.17, 15) is 10.2 Å². The second-order valence-electron chi connectivity index (χ2n) is 5.88. The quantitative estimate of drug-likeness (QED) is 0.495. The fourth-order valence-corrected chi connectivity index (χ4v) is 1.93. The van der Waals surface area contributed by atoms with Crippen LogP contribution in [0.3, 0.4) is 0 Å². The molecule has 0 heterocycles. The molecule has 0 spiro atoms. The summed E-state index contributed by atoms with van der Waals surface area (Å²) >= 11 is 0. The summed E-state index contributed by atoms with van der Waals surface area (Å²) in [6.45, 7) is 11.3. The number of hydrogen-bond acceptors (Lipinski definition) is 4. The standard InChI is InChI=1S/C14H30O4/c1-7-13(5,9-11(3)15)17-18-14(6,8-2)10-12(4)16/h11-12,15-16H,7-10H2,1-6H3. The zero-order valence-electron chi connectivity index (χ0n) is 12.7. The predicted octanol–water partition coefficient (Wildman–Crippen LogP) is 2.81. The molecule has 0 saturated heterocycles. The molecule has 18 heavy (non-hydrogen) atoms. The minimum Gasteiger partial charge on any atom is -0.393 e. The third-order valence-electron chi connectivity index (χ3n) is 3.39. The lowest BCUT2D eigenvalue weighted by atomic mass is 9.95. The van der Waals surface area contributed by atoms with E-state index in [-0.39, 0.29) is 0 Å². The molecule has 4 atom stereocenters. The number of rotatable bonds is 9. The van der Waals surface area contributed by atoms with Crippen molar-refractivity contribution in [3.63, 3.8) is 0 Å². The number of aliphatic hydroxyl groups excluding tert-OH is 2. The van der Waals surface area contributed by atoms with Crippen molar-refractivity contribution in [2.24, 2.45) is 0 Å². The van der Waals surface area contributed by atoms with Crippen molar-refractivity contribution >= 4 is 0 Å². The van der Waals surface area contributed by atoms with Gasteiger partial charge in [-0.3, -0.25) is 0 Å². The van der Waals surface area contributed by atoms with Crippen LogP contribution in [0.25, 0.3) is 0 Å². The third-order valence-corrected chi connectivity index (χ3v) is 3.39. The van der Waals surface area contributed by atoms with Crippen molar-refractivity contribution in [1.29, 1.82) is 0 Å². The van der Waals surface area contributed by atoms with Crippen LogP contribution in [-0.2, 0) is 9.78 Å². The largest absolute Gasteiger partial charge is 0.393 e. The summed E-state index contributed by atoms with van der Waals surface area (Å²) in [4.78, 5) is 11.2. The molecule has 0 fully saturated rings. The Kier molecular flexibility index (Phi) is 7.37. The van der Waals surface area contributed by atoms with Crippen molar-refractivity contribution in [1.82, 2.24) is 0 Å². The summed E-state index contributed by atoms with van der Waals surface area (Å²) in [5, 5.41) is 19.0. The van der Waals surface area contributed by atoms with Crippen molar-refractivity contribution in [3.05, 3.63) is 0 Å². The molecule has 0 aromatic heterocycles. The zero-order valence-corrected chi connectivity index (χ0v) is 12.7. The van der Waals surface area contributed by atoms with Crippen LogP contribution in [0.1, 0.15) is 67.2 Å². The smallest absolute Gasteiger partial charge is 0.103 e. The first kappa shape index (κ1) is 17.8. The van der Waals surface area contributed by atoms with Crippen molar-refractivity contribution in [2.45, 2.75) is 90.6 Å². The Labute approximate surface area is 111 Å². The molecule has 0 amide bonds. The fourth-order valence-electron chi connectivity index (χ4n) is 1.93. The van der Waals surface area contributed by atoms with Gasteiger partial charge in [0.05, 0.1) is 12.2 Å². The Morgan fingerprint density at radius 3 is 1.28 bits per heavy atom. The normalized spacial score (nSPS) is 22.0. The minimum absolute atomic E-state index is 0.428. The highest BCUT2D eigenvalue weighted by atomic mass is 17.2. The molecule has 0 aliphatic heterocycles. The maximum absolute atomic E-state index is 9.48. The van der Waals surface area contributed by atoms with Gasteiger partial charge in [-0.05, 0) is 40.5 Å². The lowest BCUT2D eigenvalue weighted by molar-refractivity contribution is -0.414. The van der Waals surface area contributed by atoms with Gasteiger partial charge in [0.2, 0.25) is 0 Å². The average Bonchev–Trinajstić information content (AvgIpc) is 2.25. The molecular formula is C14H30O4. The number of aliphatic hydroxyl groups is 2. The zero-order chi connectivity index (χ0) is 14.4. The van der Waals surface area contributed by atoms with Gasteiger partial charge < -0.3 is 10.2 Å². The molecule has 0 saturated carbocycles. The van der Waals surface area contributed by atoms with Gasteiger partial charge in [-0.15, -0.1) is 0 Å². The Balaban J connectivity index is 4.48. The lowest BCUT2D eigenvalue weighted by Gasteiger charge is -2.35. The Morgan fingerprint density at radius 1 is 0.833 bits per heavy atom. The maximum atomic E-state index is 9.48. The Bertz CT molecular complexity index is 206. The maximum Gasteiger partial charge on any atom is 0.103 e. The summed E-state index contributed by atoms with van der Waals surface area (Å²) in [5.74, 6) is 0. The molecular weight excluding hydrogens is 232 g/mol. The van der Waals surface area contributed by atoms with Crippen LogP contribution < -0.4 is 0 Å². The topological polar surface area (TPSA) is 58.9 Å². The van der Waals surface area contributed by atoms with Gasteiger partial charge >= 0.3 is 0 Å². The minimum atomic E-state index is -0.497. The van der Waals surface area contributed by atoms with E-state index in [0.29, 0.717) is 12.8 Å². The Hall–Kier alpha value is -0.160. The van der Waals surface area contributed by atoms with Gasteiger partial charge in [0, 0.05) is 12.8 Å². The molecule has 110 valence electrons. The lowest BCUT2D eigenvalue weighted by Crippen LogP contribution is -2.39.